The van der Waals surface area contributed by atoms with Crippen molar-refractivity contribution in [1.82, 2.24) is 0 Å². The molecule has 0 bridgehead atoms. The van der Waals surface area contributed by atoms with Gasteiger partial charge in [-0.3, -0.25) is 0 Å². The average Bonchev–Trinajstić information content (AvgIpc) is 1.96. The molecule has 0 saturated heterocycles. The molecule has 0 amide bonds. The minimum atomic E-state index is 1.46. The predicted octanol–water partition coefficient (Wildman–Crippen LogP) is 0.791. The number of hydrogen-bond donors (Lipinski definition) is 0. The second-order valence-electron chi connectivity index (χ2n) is 0.816. The summed E-state index contributed by atoms with van der Waals surface area (Å²) in [7, 11) is 0. The fourth-order valence-electron chi connectivity index (χ4n) is 0.219. The molecule has 0 aromatic heterocycles. The van der Waals surface area contributed by atoms with E-state index in [1.807, 2.05) is 6.79 Å². The molecule has 0 saturated carbocycles. The van der Waals surface area contributed by atoms with E-state index in [0.717, 1.165) is 0 Å². The van der Waals surface area contributed by atoms with Gasteiger partial charge in [-0.25, -0.2) is 0 Å². The molecule has 0 aromatic rings. The minimum absolute atomic E-state index is 1.46. The number of hydrogen-bond acceptors (Lipinski definition) is 3. The van der Waals surface area contributed by atoms with Gasteiger partial charge < -0.3 is 14.3 Å². The highest BCUT2D eigenvalue weighted by atomic mass is 16.5. The van der Waals surface area contributed by atoms with Gasteiger partial charge in [-0.1, -0.05) is 0 Å². The first-order valence-electron chi connectivity index (χ1n) is 1.90. The molecule has 44 valence electrons. The molecule has 0 spiro atoms. The second kappa shape index (κ2) is 5.75. The highest BCUT2D eigenvalue weighted by Crippen LogP contribution is 1.89. The van der Waals surface area contributed by atoms with Crippen molar-refractivity contribution in [3.63, 3.8) is 0 Å². The Morgan fingerprint density at radius 2 is 1.12 bits per heavy atom. The van der Waals surface area contributed by atoms with Crippen LogP contribution in [0.25, 0.3) is 0 Å². The van der Waals surface area contributed by atoms with Crippen molar-refractivity contribution in [3.05, 3.63) is 25.0 Å². The molecule has 1 rings (SSSR count). The molecule has 0 fully saturated rings. The van der Waals surface area contributed by atoms with Crippen LogP contribution in [0.1, 0.15) is 0 Å². The molecule has 0 radical (unpaired) electrons. The predicted molar refractivity (Wildman–Crippen MR) is 27.6 cm³/mol. The Morgan fingerprint density at radius 3 is 1.25 bits per heavy atom. The van der Waals surface area contributed by atoms with E-state index in [2.05, 4.69) is 9.47 Å². The Bertz CT molecular complexity index is 75.8. The lowest BCUT2D eigenvalue weighted by molar-refractivity contribution is -0.0979. The Labute approximate surface area is 47.2 Å². The lowest BCUT2D eigenvalue weighted by Gasteiger charge is -1.94. The van der Waals surface area contributed by atoms with Crippen LogP contribution in [0, 0.1) is 0 Å². The van der Waals surface area contributed by atoms with Gasteiger partial charge in [0.1, 0.15) is 31.8 Å². The molecular formula is C5H6O3. The fraction of sp³-hybridized carbons (Fsp3) is 0. The number of ether oxygens (including phenoxy) is 2. The monoisotopic (exact) mass is 114 g/mol. The minimum Gasteiger partial charge on any atom is -0.466 e. The van der Waals surface area contributed by atoms with Crippen LogP contribution in [0.15, 0.2) is 25.0 Å². The maximum Gasteiger partial charge on any atom is 0.125 e. The zero-order chi connectivity index (χ0) is 6.24. The molecule has 3 heteroatoms. The molecule has 0 N–H and O–H groups in total. The van der Waals surface area contributed by atoms with Gasteiger partial charge in [-0.15, -0.1) is 0 Å². The van der Waals surface area contributed by atoms with Gasteiger partial charge in [0.15, 0.2) is 0 Å². The summed E-state index contributed by atoms with van der Waals surface area (Å²) in [4.78, 5) is 8.00. The summed E-state index contributed by atoms with van der Waals surface area (Å²) < 4.78 is 9.17. The summed E-state index contributed by atoms with van der Waals surface area (Å²) >= 11 is 0. The third-order valence-electron chi connectivity index (χ3n) is 0.425. The summed E-state index contributed by atoms with van der Waals surface area (Å²) in [6.07, 6.45) is 5.83. The van der Waals surface area contributed by atoms with Gasteiger partial charge >= 0.3 is 0 Å². The van der Waals surface area contributed by atoms with E-state index in [4.69, 9.17) is 4.79 Å². The van der Waals surface area contributed by atoms with E-state index in [1.165, 1.54) is 25.0 Å². The van der Waals surface area contributed by atoms with E-state index < -0.39 is 0 Å². The Kier molecular flexibility index (Phi) is 4.85. The van der Waals surface area contributed by atoms with Gasteiger partial charge in [0.2, 0.25) is 0 Å². The molecule has 0 aliphatic carbocycles. The van der Waals surface area contributed by atoms with E-state index in [9.17, 15) is 0 Å². The third-order valence-corrected chi connectivity index (χ3v) is 0.425. The van der Waals surface area contributed by atoms with Crippen molar-refractivity contribution in [2.45, 2.75) is 0 Å². The quantitative estimate of drug-likeness (QED) is 0.467. The van der Waals surface area contributed by atoms with Gasteiger partial charge in [0.05, 0.1) is 0 Å². The van der Waals surface area contributed by atoms with Crippen molar-refractivity contribution in [2.24, 2.45) is 0 Å². The highest BCUT2D eigenvalue weighted by Gasteiger charge is 1.74. The van der Waals surface area contributed by atoms with E-state index in [-0.39, 0.29) is 0 Å². The summed E-state index contributed by atoms with van der Waals surface area (Å²) in [6, 6.07) is 0. The fourth-order valence-corrected chi connectivity index (χ4v) is 0.219. The molecule has 1 aliphatic heterocycles. The van der Waals surface area contributed by atoms with Crippen LogP contribution in [-0.4, -0.2) is 6.79 Å². The zero-order valence-electron chi connectivity index (χ0n) is 4.24. The topological polar surface area (TPSA) is 35.5 Å². The first-order valence-corrected chi connectivity index (χ1v) is 1.90. The lowest BCUT2D eigenvalue weighted by Crippen LogP contribution is -1.74. The van der Waals surface area contributed by atoms with Gasteiger partial charge in [-0.2, -0.15) is 0 Å². The van der Waals surface area contributed by atoms with Gasteiger partial charge in [-0.05, 0) is 0 Å². The second-order valence-corrected chi connectivity index (χ2v) is 0.816. The largest absolute Gasteiger partial charge is 0.466 e. The smallest absolute Gasteiger partial charge is 0.125 e. The SMILES string of the molecule is C1=COC=CO1.C=O. The number of rotatable bonds is 0. The van der Waals surface area contributed by atoms with Crippen molar-refractivity contribution in [2.75, 3.05) is 0 Å². The van der Waals surface area contributed by atoms with Crippen LogP contribution in [0.2, 0.25) is 0 Å². The van der Waals surface area contributed by atoms with Crippen molar-refractivity contribution in [1.29, 1.82) is 0 Å². The Hall–Kier alpha value is -1.25. The Morgan fingerprint density at radius 1 is 0.875 bits per heavy atom. The summed E-state index contributed by atoms with van der Waals surface area (Å²) in [5.74, 6) is 0. The standard InChI is InChI=1S/C4H4O2.CH2O/c1-2-6-4-3-5-1;1-2/h1-4H;1H2. The third kappa shape index (κ3) is 2.96. The molecule has 0 atom stereocenters. The summed E-state index contributed by atoms with van der Waals surface area (Å²) in [5, 5.41) is 0. The highest BCUT2D eigenvalue weighted by molar-refractivity contribution is 5.10. The van der Waals surface area contributed by atoms with Crippen LogP contribution in [0.3, 0.4) is 0 Å². The van der Waals surface area contributed by atoms with Crippen LogP contribution in [-0.2, 0) is 14.3 Å². The van der Waals surface area contributed by atoms with Gasteiger partial charge in [0, 0.05) is 0 Å². The molecular weight excluding hydrogens is 108 g/mol. The summed E-state index contributed by atoms with van der Waals surface area (Å²) in [6.45, 7) is 2.00. The molecule has 3 nitrogen and oxygen atoms in total. The molecule has 1 aliphatic rings. The average molecular weight is 114 g/mol. The lowest BCUT2D eigenvalue weighted by atomic mass is 10.9. The Balaban J connectivity index is 0.000000222. The van der Waals surface area contributed by atoms with E-state index in [1.54, 1.807) is 0 Å². The molecule has 8 heavy (non-hydrogen) atoms. The van der Waals surface area contributed by atoms with Crippen LogP contribution in [0.4, 0.5) is 0 Å². The van der Waals surface area contributed by atoms with Crippen LogP contribution in [0.5, 0.6) is 0 Å². The zero-order valence-corrected chi connectivity index (χ0v) is 4.24. The van der Waals surface area contributed by atoms with E-state index in [0.29, 0.717) is 0 Å². The molecule has 0 unspecified atom stereocenters. The van der Waals surface area contributed by atoms with E-state index >= 15 is 0 Å². The molecule has 0 aromatic carbocycles. The van der Waals surface area contributed by atoms with Gasteiger partial charge in [0.25, 0.3) is 0 Å². The van der Waals surface area contributed by atoms with Crippen molar-refractivity contribution >= 4 is 6.79 Å². The maximum atomic E-state index is 8.00. The van der Waals surface area contributed by atoms with Crippen molar-refractivity contribution in [3.8, 4) is 0 Å². The summed E-state index contributed by atoms with van der Waals surface area (Å²) in [5.41, 5.74) is 0. The number of carbonyl (C=O) groups excluding carboxylic acids is 1. The van der Waals surface area contributed by atoms with Crippen LogP contribution >= 0.6 is 0 Å². The first-order chi connectivity index (χ1) is 4.00. The first kappa shape index (κ1) is 6.75. The molecule has 1 heterocycles. The van der Waals surface area contributed by atoms with Crippen LogP contribution < -0.4 is 0 Å². The number of carbonyl (C=O) groups is 1. The van der Waals surface area contributed by atoms with Crippen molar-refractivity contribution < 1.29 is 14.3 Å². The normalized spacial score (nSPS) is 12.5. The maximum absolute atomic E-state index is 8.00.